The Balaban J connectivity index is 1.56. The van der Waals surface area contributed by atoms with E-state index in [-0.39, 0.29) is 17.9 Å². The van der Waals surface area contributed by atoms with Crippen molar-refractivity contribution >= 4 is 22.8 Å². The second-order valence-electron chi connectivity index (χ2n) is 9.01. The first-order chi connectivity index (χ1) is 14.8. The number of hydrogen-bond acceptors (Lipinski definition) is 5. The highest BCUT2D eigenvalue weighted by Crippen LogP contribution is 2.29. The summed E-state index contributed by atoms with van der Waals surface area (Å²) in [6.07, 6.45) is 3.95. The van der Waals surface area contributed by atoms with Crippen LogP contribution < -0.4 is 10.6 Å². The maximum absolute atomic E-state index is 12.0. The molecule has 164 valence electrons. The van der Waals surface area contributed by atoms with Crippen LogP contribution in [0.25, 0.3) is 16.7 Å². The van der Waals surface area contributed by atoms with Gasteiger partial charge in [-0.3, -0.25) is 4.79 Å². The number of aromatic nitrogens is 4. The normalized spacial score (nSPS) is 19.0. The molecule has 0 saturated heterocycles. The van der Waals surface area contributed by atoms with E-state index in [1.54, 1.807) is 0 Å². The Bertz CT molecular complexity index is 1090. The van der Waals surface area contributed by atoms with Gasteiger partial charge in [-0.1, -0.05) is 26.0 Å². The zero-order chi connectivity index (χ0) is 22.1. The van der Waals surface area contributed by atoms with Gasteiger partial charge in [-0.15, -0.1) is 0 Å². The number of carbonyl (C=O) groups is 1. The number of fused-ring (bicyclic) bond motifs is 1. The summed E-state index contributed by atoms with van der Waals surface area (Å²) in [5.41, 5.74) is 3.93. The average Bonchev–Trinajstić information content (AvgIpc) is 3.05. The minimum atomic E-state index is 0.0287. The van der Waals surface area contributed by atoms with Crippen LogP contribution in [0.5, 0.6) is 0 Å². The zero-order valence-corrected chi connectivity index (χ0v) is 19.1. The number of anilines is 1. The summed E-state index contributed by atoms with van der Waals surface area (Å²) >= 11 is 0. The second-order valence-corrected chi connectivity index (χ2v) is 9.01. The second kappa shape index (κ2) is 8.65. The number of benzene rings is 1. The molecule has 4 rings (SSSR count). The summed E-state index contributed by atoms with van der Waals surface area (Å²) < 4.78 is 1.91. The van der Waals surface area contributed by atoms with E-state index in [1.165, 1.54) is 5.56 Å². The fourth-order valence-electron chi connectivity index (χ4n) is 4.28. The lowest BCUT2D eigenvalue weighted by atomic mass is 9.90. The Labute approximate surface area is 183 Å². The molecule has 1 aliphatic carbocycles. The van der Waals surface area contributed by atoms with Crippen LogP contribution >= 0.6 is 0 Å². The third-order valence-electron chi connectivity index (χ3n) is 6.00. The van der Waals surface area contributed by atoms with Crippen LogP contribution in [0.4, 0.5) is 5.82 Å². The van der Waals surface area contributed by atoms with Gasteiger partial charge in [-0.25, -0.2) is 14.6 Å². The summed E-state index contributed by atoms with van der Waals surface area (Å²) in [6.45, 7) is 9.88. The largest absolute Gasteiger partial charge is 0.367 e. The molecule has 7 heteroatoms. The van der Waals surface area contributed by atoms with Gasteiger partial charge in [0, 0.05) is 18.0 Å². The maximum Gasteiger partial charge on any atom is 0.222 e. The lowest BCUT2D eigenvalue weighted by Crippen LogP contribution is -2.41. The molecule has 1 aliphatic rings. The minimum Gasteiger partial charge on any atom is -0.367 e. The van der Waals surface area contributed by atoms with Gasteiger partial charge in [0.1, 0.15) is 11.6 Å². The topological polar surface area (TPSA) is 84.7 Å². The van der Waals surface area contributed by atoms with Crippen LogP contribution in [0.1, 0.15) is 56.6 Å². The molecule has 1 aromatic carbocycles. The van der Waals surface area contributed by atoms with Crippen molar-refractivity contribution in [2.24, 2.45) is 5.92 Å². The van der Waals surface area contributed by atoms with Crippen molar-refractivity contribution in [1.29, 1.82) is 0 Å². The lowest BCUT2D eigenvalue weighted by molar-refractivity contribution is -0.124. The van der Waals surface area contributed by atoms with Crippen LogP contribution in [-0.4, -0.2) is 37.7 Å². The van der Waals surface area contributed by atoms with Crippen LogP contribution in [0.2, 0.25) is 0 Å². The molecule has 0 aliphatic heterocycles. The molecule has 0 atom stereocenters. The van der Waals surface area contributed by atoms with E-state index in [0.29, 0.717) is 6.04 Å². The molecule has 7 nitrogen and oxygen atoms in total. The van der Waals surface area contributed by atoms with Gasteiger partial charge < -0.3 is 10.6 Å². The molecule has 0 bridgehead atoms. The molecule has 1 amide bonds. The van der Waals surface area contributed by atoms with Crippen molar-refractivity contribution in [3.05, 3.63) is 41.3 Å². The van der Waals surface area contributed by atoms with Crippen LogP contribution in [0.15, 0.2) is 24.3 Å². The molecule has 0 spiro atoms. The Morgan fingerprint density at radius 1 is 1.06 bits per heavy atom. The number of nitrogens with one attached hydrogen (secondary N) is 2. The van der Waals surface area contributed by atoms with E-state index in [0.717, 1.165) is 59.7 Å². The van der Waals surface area contributed by atoms with E-state index in [9.17, 15) is 4.79 Å². The van der Waals surface area contributed by atoms with E-state index in [4.69, 9.17) is 15.1 Å². The number of amides is 1. The van der Waals surface area contributed by atoms with Crippen molar-refractivity contribution in [3.8, 4) is 5.69 Å². The Kier molecular flexibility index (Phi) is 5.94. The van der Waals surface area contributed by atoms with Crippen molar-refractivity contribution in [1.82, 2.24) is 25.1 Å². The SMILES string of the molecule is Cc1cccc(-n2nc(C)c3c(NC4CCC(NC(=O)C(C)C)CC4)nc(C)nc32)c1. The molecular weight excluding hydrogens is 388 g/mol. The number of rotatable bonds is 5. The molecular formula is C24H32N6O. The van der Waals surface area contributed by atoms with Gasteiger partial charge in [0.25, 0.3) is 0 Å². The summed E-state index contributed by atoms with van der Waals surface area (Å²) in [6, 6.07) is 8.88. The minimum absolute atomic E-state index is 0.0287. The quantitative estimate of drug-likeness (QED) is 0.645. The van der Waals surface area contributed by atoms with E-state index >= 15 is 0 Å². The van der Waals surface area contributed by atoms with Crippen molar-refractivity contribution in [3.63, 3.8) is 0 Å². The monoisotopic (exact) mass is 420 g/mol. The molecule has 1 fully saturated rings. The molecule has 2 aromatic heterocycles. The van der Waals surface area contributed by atoms with Crippen molar-refractivity contribution in [2.45, 2.75) is 72.4 Å². The standard InChI is InChI=1S/C24H32N6O/c1-14(2)24(31)28-19-11-9-18(10-12-19)27-22-21-16(4)29-30(23(21)26-17(5)25-22)20-8-6-7-15(3)13-20/h6-8,13-14,18-19H,9-12H2,1-5H3,(H,28,31)(H,25,26,27). The highest BCUT2D eigenvalue weighted by molar-refractivity contribution is 5.90. The lowest BCUT2D eigenvalue weighted by Gasteiger charge is -2.30. The third kappa shape index (κ3) is 4.55. The van der Waals surface area contributed by atoms with Gasteiger partial charge in [-0.05, 0) is 64.2 Å². The van der Waals surface area contributed by atoms with Gasteiger partial charge in [0.2, 0.25) is 5.91 Å². The molecule has 3 aromatic rings. The first-order valence-electron chi connectivity index (χ1n) is 11.2. The summed E-state index contributed by atoms with van der Waals surface area (Å²) in [7, 11) is 0. The number of carbonyl (C=O) groups excluding carboxylic acids is 1. The van der Waals surface area contributed by atoms with E-state index in [2.05, 4.69) is 35.8 Å². The van der Waals surface area contributed by atoms with E-state index < -0.39 is 0 Å². The first-order valence-corrected chi connectivity index (χ1v) is 11.2. The third-order valence-corrected chi connectivity index (χ3v) is 6.00. The molecule has 0 unspecified atom stereocenters. The number of hydrogen-bond donors (Lipinski definition) is 2. The molecule has 2 N–H and O–H groups in total. The summed E-state index contributed by atoms with van der Waals surface area (Å²) in [4.78, 5) is 21.4. The number of nitrogens with zero attached hydrogens (tertiary/aromatic N) is 4. The predicted molar refractivity (Wildman–Crippen MR) is 124 cm³/mol. The average molecular weight is 421 g/mol. The molecule has 31 heavy (non-hydrogen) atoms. The van der Waals surface area contributed by atoms with E-state index in [1.807, 2.05) is 38.4 Å². The van der Waals surface area contributed by atoms with Crippen LogP contribution in [0.3, 0.4) is 0 Å². The molecule has 2 heterocycles. The fraction of sp³-hybridized carbons (Fsp3) is 0.500. The van der Waals surface area contributed by atoms with Crippen molar-refractivity contribution < 1.29 is 4.79 Å². The first kappa shape index (κ1) is 21.3. The van der Waals surface area contributed by atoms with Crippen LogP contribution in [-0.2, 0) is 4.79 Å². The number of aryl methyl sites for hydroxylation is 3. The smallest absolute Gasteiger partial charge is 0.222 e. The zero-order valence-electron chi connectivity index (χ0n) is 19.1. The van der Waals surface area contributed by atoms with Gasteiger partial charge in [0.15, 0.2) is 5.65 Å². The van der Waals surface area contributed by atoms with Crippen molar-refractivity contribution in [2.75, 3.05) is 5.32 Å². The summed E-state index contributed by atoms with van der Waals surface area (Å²) in [5, 5.41) is 12.6. The molecule has 0 radical (unpaired) electrons. The van der Waals surface area contributed by atoms with Gasteiger partial charge in [-0.2, -0.15) is 5.10 Å². The summed E-state index contributed by atoms with van der Waals surface area (Å²) in [5.74, 6) is 1.75. The fourth-order valence-corrected chi connectivity index (χ4v) is 4.28. The molecule has 1 saturated carbocycles. The Hall–Kier alpha value is -2.96. The highest BCUT2D eigenvalue weighted by atomic mass is 16.1. The Morgan fingerprint density at radius 3 is 2.45 bits per heavy atom. The highest BCUT2D eigenvalue weighted by Gasteiger charge is 2.25. The van der Waals surface area contributed by atoms with Gasteiger partial charge >= 0.3 is 0 Å². The van der Waals surface area contributed by atoms with Gasteiger partial charge in [0.05, 0.1) is 16.8 Å². The van der Waals surface area contributed by atoms with Crippen LogP contribution in [0, 0.1) is 26.7 Å². The maximum atomic E-state index is 12.0. The Morgan fingerprint density at radius 2 is 1.77 bits per heavy atom. The predicted octanol–water partition coefficient (Wildman–Crippen LogP) is 4.24.